The van der Waals surface area contributed by atoms with E-state index < -0.39 is 6.17 Å². The van der Waals surface area contributed by atoms with Crippen molar-refractivity contribution in [2.45, 2.75) is 6.17 Å². The Morgan fingerprint density at radius 3 is 2.15 bits per heavy atom. The first-order chi connectivity index (χ1) is 12.6. The van der Waals surface area contributed by atoms with Crippen LogP contribution < -0.4 is 11.1 Å². The van der Waals surface area contributed by atoms with E-state index in [0.717, 1.165) is 22.5 Å². The van der Waals surface area contributed by atoms with Crippen molar-refractivity contribution in [1.29, 1.82) is 5.26 Å². The predicted octanol–water partition coefficient (Wildman–Crippen LogP) is 4.67. The van der Waals surface area contributed by atoms with Crippen LogP contribution in [-0.4, -0.2) is 9.78 Å². The molecule has 26 heavy (non-hydrogen) atoms. The highest BCUT2D eigenvalue weighted by atomic mass is 35.5. The van der Waals surface area contributed by atoms with E-state index in [1.54, 1.807) is 23.0 Å². The Kier molecular flexibility index (Phi) is 4.17. The van der Waals surface area contributed by atoms with Crippen LogP contribution in [0.3, 0.4) is 0 Å². The number of rotatable bonds is 2. The summed E-state index contributed by atoms with van der Waals surface area (Å²) in [6.07, 6.45) is 1.05. The van der Waals surface area contributed by atoms with Crippen molar-refractivity contribution >= 4 is 34.7 Å². The van der Waals surface area contributed by atoms with Gasteiger partial charge in [-0.1, -0.05) is 47.5 Å². The van der Waals surface area contributed by atoms with Gasteiger partial charge in [-0.2, -0.15) is 10.4 Å². The van der Waals surface area contributed by atoms with E-state index in [4.69, 9.17) is 28.9 Å². The van der Waals surface area contributed by atoms with Gasteiger partial charge in [0.1, 0.15) is 18.1 Å². The van der Waals surface area contributed by atoms with Crippen LogP contribution in [0.15, 0.2) is 60.3 Å². The molecule has 3 N–H and O–H groups in total. The third kappa shape index (κ3) is 2.74. The molecule has 0 fully saturated rings. The van der Waals surface area contributed by atoms with Gasteiger partial charge in [-0.15, -0.1) is 0 Å². The highest BCUT2D eigenvalue weighted by molar-refractivity contribution is 6.30. The Labute approximate surface area is 160 Å². The van der Waals surface area contributed by atoms with E-state index in [2.05, 4.69) is 16.5 Å². The van der Waals surface area contributed by atoms with Gasteiger partial charge in [0, 0.05) is 15.6 Å². The minimum absolute atomic E-state index is 0.408. The fourth-order valence-electron chi connectivity index (χ4n) is 2.96. The zero-order valence-electron chi connectivity index (χ0n) is 13.4. The molecule has 0 amide bonds. The topological polar surface area (TPSA) is 79.7 Å². The Hall–Kier alpha value is -2.78. The van der Waals surface area contributed by atoms with Crippen LogP contribution in [0.1, 0.15) is 11.7 Å². The second-order valence-corrected chi connectivity index (χ2v) is 6.71. The second-order valence-electron chi connectivity index (χ2n) is 5.84. The molecule has 1 aliphatic heterocycles. The zero-order valence-corrected chi connectivity index (χ0v) is 15.0. The third-order valence-corrected chi connectivity index (χ3v) is 4.78. The molecule has 0 radical (unpaired) electrons. The number of benzene rings is 2. The molecule has 1 atom stereocenters. The summed E-state index contributed by atoms with van der Waals surface area (Å²) in [5.74, 6) is 0.726. The lowest BCUT2D eigenvalue weighted by Gasteiger charge is -2.26. The van der Waals surface area contributed by atoms with Gasteiger partial charge in [0.25, 0.3) is 0 Å². The predicted molar refractivity (Wildman–Crippen MR) is 104 cm³/mol. The summed E-state index contributed by atoms with van der Waals surface area (Å²) in [6, 6.07) is 16.9. The van der Waals surface area contributed by atoms with Gasteiger partial charge in [0.05, 0.1) is 17.5 Å². The molecular formula is C19H13Cl2N5. The minimum atomic E-state index is -0.678. The van der Waals surface area contributed by atoms with Gasteiger partial charge in [-0.25, -0.2) is 4.68 Å². The molecule has 3 aromatic rings. The number of hydrogen-bond donors (Lipinski definition) is 2. The Morgan fingerprint density at radius 2 is 1.58 bits per heavy atom. The first-order valence-corrected chi connectivity index (χ1v) is 8.60. The molecule has 128 valence electrons. The Balaban J connectivity index is 1.83. The van der Waals surface area contributed by atoms with Crippen molar-refractivity contribution in [3.63, 3.8) is 0 Å². The summed E-state index contributed by atoms with van der Waals surface area (Å²) in [6.45, 7) is 0. The summed E-state index contributed by atoms with van der Waals surface area (Å²) >= 11 is 12.0. The van der Waals surface area contributed by atoms with Gasteiger partial charge >= 0.3 is 0 Å². The van der Waals surface area contributed by atoms with Gasteiger partial charge in [-0.05, 0) is 35.4 Å². The fourth-order valence-corrected chi connectivity index (χ4v) is 3.21. The molecule has 5 nitrogen and oxygen atoms in total. The average Bonchev–Trinajstić information content (AvgIpc) is 3.07. The quantitative estimate of drug-likeness (QED) is 0.675. The summed E-state index contributed by atoms with van der Waals surface area (Å²) in [4.78, 5) is 0. The maximum Gasteiger partial charge on any atom is 0.139 e. The van der Waals surface area contributed by atoms with Crippen molar-refractivity contribution in [3.05, 3.63) is 75.9 Å². The average molecular weight is 382 g/mol. The zero-order chi connectivity index (χ0) is 18.3. The molecule has 0 saturated heterocycles. The van der Waals surface area contributed by atoms with Crippen molar-refractivity contribution in [1.82, 2.24) is 9.78 Å². The SMILES string of the molecule is N#CC1=C(c2ccc(Cl)cc2)Nc2c(-c3ccc(Cl)cc3)cnn2C1N. The van der Waals surface area contributed by atoms with E-state index in [9.17, 15) is 5.26 Å². The molecular weight excluding hydrogens is 369 g/mol. The summed E-state index contributed by atoms with van der Waals surface area (Å²) in [7, 11) is 0. The van der Waals surface area contributed by atoms with Crippen LogP contribution in [0.5, 0.6) is 0 Å². The van der Waals surface area contributed by atoms with Crippen molar-refractivity contribution in [3.8, 4) is 17.2 Å². The number of nitriles is 1. The second kappa shape index (κ2) is 6.50. The maximum atomic E-state index is 9.62. The Bertz CT molecular complexity index is 1040. The van der Waals surface area contributed by atoms with Crippen LogP contribution in [0.25, 0.3) is 16.8 Å². The van der Waals surface area contributed by atoms with Crippen LogP contribution in [0.4, 0.5) is 5.82 Å². The number of hydrogen-bond acceptors (Lipinski definition) is 4. The highest BCUT2D eigenvalue weighted by Gasteiger charge is 2.29. The van der Waals surface area contributed by atoms with E-state index in [1.807, 2.05) is 36.4 Å². The van der Waals surface area contributed by atoms with Crippen LogP contribution in [0, 0.1) is 11.3 Å². The third-order valence-electron chi connectivity index (χ3n) is 4.28. The van der Waals surface area contributed by atoms with Gasteiger partial charge in [0.15, 0.2) is 0 Å². The lowest BCUT2D eigenvalue weighted by atomic mass is 10.0. The molecule has 0 aliphatic carbocycles. The number of nitrogens with one attached hydrogen (secondary N) is 1. The molecule has 0 saturated carbocycles. The number of nitrogens with two attached hydrogens (primary N) is 1. The lowest BCUT2D eigenvalue weighted by Crippen LogP contribution is -2.29. The number of nitrogens with zero attached hydrogens (tertiary/aromatic N) is 3. The Morgan fingerprint density at radius 1 is 1.00 bits per heavy atom. The molecule has 1 unspecified atom stereocenters. The van der Waals surface area contributed by atoms with Crippen molar-refractivity contribution in [2.75, 3.05) is 5.32 Å². The molecule has 1 aromatic heterocycles. The number of fused-ring (bicyclic) bond motifs is 1. The normalized spacial score (nSPS) is 16.0. The largest absolute Gasteiger partial charge is 0.338 e. The molecule has 2 aromatic carbocycles. The fraction of sp³-hybridized carbons (Fsp3) is 0.0526. The molecule has 0 spiro atoms. The number of aromatic nitrogens is 2. The van der Waals surface area contributed by atoms with Gasteiger partial charge in [-0.3, -0.25) is 0 Å². The maximum absolute atomic E-state index is 9.62. The van der Waals surface area contributed by atoms with Gasteiger partial charge in [0.2, 0.25) is 0 Å². The van der Waals surface area contributed by atoms with Crippen LogP contribution >= 0.6 is 23.2 Å². The first-order valence-electron chi connectivity index (χ1n) is 7.84. The molecule has 1 aliphatic rings. The number of halogens is 2. The van der Waals surface area contributed by atoms with E-state index in [-0.39, 0.29) is 0 Å². The molecule has 4 rings (SSSR count). The standard InChI is InChI=1S/C19H13Cl2N5/c20-13-5-1-11(2-6-13)16-10-24-26-18(23)15(9-22)17(25-19(16)26)12-3-7-14(21)8-4-12/h1-8,10,18,25H,23H2. The lowest BCUT2D eigenvalue weighted by molar-refractivity contribution is 0.544. The summed E-state index contributed by atoms with van der Waals surface area (Å²) in [5.41, 5.74) is 10.0. The molecule has 7 heteroatoms. The smallest absolute Gasteiger partial charge is 0.139 e. The van der Waals surface area contributed by atoms with Crippen molar-refractivity contribution in [2.24, 2.45) is 5.73 Å². The van der Waals surface area contributed by atoms with E-state index in [0.29, 0.717) is 21.3 Å². The monoisotopic (exact) mass is 381 g/mol. The van der Waals surface area contributed by atoms with Gasteiger partial charge < -0.3 is 11.1 Å². The molecule has 0 bridgehead atoms. The van der Waals surface area contributed by atoms with E-state index in [1.165, 1.54) is 0 Å². The summed E-state index contributed by atoms with van der Waals surface area (Å²) < 4.78 is 1.61. The molecule has 2 heterocycles. The minimum Gasteiger partial charge on any atom is -0.338 e. The van der Waals surface area contributed by atoms with Crippen LogP contribution in [0.2, 0.25) is 10.0 Å². The highest BCUT2D eigenvalue weighted by Crippen LogP contribution is 2.38. The van der Waals surface area contributed by atoms with Crippen molar-refractivity contribution < 1.29 is 0 Å². The summed E-state index contributed by atoms with van der Waals surface area (Å²) in [5, 5.41) is 18.6. The first kappa shape index (κ1) is 16.7. The van der Waals surface area contributed by atoms with Crippen LogP contribution in [-0.2, 0) is 0 Å². The van der Waals surface area contributed by atoms with E-state index >= 15 is 0 Å². The number of anilines is 1.